The predicted octanol–water partition coefficient (Wildman–Crippen LogP) is 1.34. The summed E-state index contributed by atoms with van der Waals surface area (Å²) in [6.07, 6.45) is 3.51. The van der Waals surface area contributed by atoms with Gasteiger partial charge in [0, 0.05) is 11.8 Å². The van der Waals surface area contributed by atoms with Gasteiger partial charge in [0.1, 0.15) is 5.82 Å². The van der Waals surface area contributed by atoms with Crippen molar-refractivity contribution in [2.24, 2.45) is 5.92 Å². The van der Waals surface area contributed by atoms with Gasteiger partial charge in [-0.15, -0.1) is 0 Å². The van der Waals surface area contributed by atoms with Crippen LogP contribution in [0.5, 0.6) is 5.88 Å². The minimum Gasteiger partial charge on any atom is -0.481 e. The van der Waals surface area contributed by atoms with E-state index in [-0.39, 0.29) is 0 Å². The van der Waals surface area contributed by atoms with E-state index in [1.807, 2.05) is 13.0 Å². The number of nitrogens with one attached hydrogen (secondary N) is 1. The van der Waals surface area contributed by atoms with Gasteiger partial charge in [0.2, 0.25) is 5.88 Å². The minimum absolute atomic E-state index is 0.673. The lowest BCUT2D eigenvalue weighted by atomic mass is 10.0. The zero-order valence-electron chi connectivity index (χ0n) is 9.99. The molecule has 2 rings (SSSR count). The largest absolute Gasteiger partial charge is 0.481 e. The third-order valence-corrected chi connectivity index (χ3v) is 3.05. The van der Waals surface area contributed by atoms with Crippen molar-refractivity contribution in [3.8, 4) is 5.88 Å². The number of nitrogens with zero attached hydrogens (tertiary/aromatic N) is 2. The quantitative estimate of drug-likeness (QED) is 0.833. The summed E-state index contributed by atoms with van der Waals surface area (Å²) in [7, 11) is 1.65. The van der Waals surface area contributed by atoms with E-state index in [2.05, 4.69) is 15.3 Å². The summed E-state index contributed by atoms with van der Waals surface area (Å²) >= 11 is 0. The molecule has 1 fully saturated rings. The van der Waals surface area contributed by atoms with Crippen LogP contribution in [0.2, 0.25) is 0 Å². The van der Waals surface area contributed by atoms with Gasteiger partial charge in [-0.2, -0.15) is 4.98 Å². The van der Waals surface area contributed by atoms with Crippen molar-refractivity contribution in [1.29, 1.82) is 0 Å². The maximum absolute atomic E-state index is 5.14. The van der Waals surface area contributed by atoms with Crippen molar-refractivity contribution in [1.82, 2.24) is 15.3 Å². The van der Waals surface area contributed by atoms with Gasteiger partial charge in [-0.25, -0.2) is 4.98 Å². The first-order chi connectivity index (χ1) is 7.78. The first-order valence-electron chi connectivity index (χ1n) is 5.87. The van der Waals surface area contributed by atoms with Crippen LogP contribution >= 0.6 is 0 Å². The summed E-state index contributed by atoms with van der Waals surface area (Å²) in [5.41, 5.74) is 1.09. The van der Waals surface area contributed by atoms with Gasteiger partial charge >= 0.3 is 0 Å². The highest BCUT2D eigenvalue weighted by atomic mass is 16.5. The van der Waals surface area contributed by atoms with Crippen LogP contribution in [0, 0.1) is 12.8 Å². The molecule has 16 heavy (non-hydrogen) atoms. The summed E-state index contributed by atoms with van der Waals surface area (Å²) in [6.45, 7) is 4.22. The first-order valence-corrected chi connectivity index (χ1v) is 5.87. The molecule has 0 saturated carbocycles. The molecular weight excluding hydrogens is 202 g/mol. The van der Waals surface area contributed by atoms with E-state index in [1.54, 1.807) is 7.11 Å². The lowest BCUT2D eigenvalue weighted by Crippen LogP contribution is -2.10. The number of ether oxygens (including phenoxy) is 1. The molecule has 0 aliphatic carbocycles. The lowest BCUT2D eigenvalue weighted by molar-refractivity contribution is 0.394. The van der Waals surface area contributed by atoms with Gasteiger partial charge in [0.15, 0.2) is 0 Å². The fourth-order valence-electron chi connectivity index (χ4n) is 2.14. The van der Waals surface area contributed by atoms with Crippen LogP contribution in [0.4, 0.5) is 0 Å². The Balaban J connectivity index is 1.94. The third-order valence-electron chi connectivity index (χ3n) is 3.05. The van der Waals surface area contributed by atoms with E-state index in [4.69, 9.17) is 4.74 Å². The highest BCUT2D eigenvalue weighted by molar-refractivity contribution is 5.16. The molecular formula is C12H19N3O. The molecule has 1 aromatic rings. The number of methoxy groups -OCH3 is 1. The SMILES string of the molecule is COc1cc(CCC2CCNC2)nc(C)n1. The predicted molar refractivity (Wildman–Crippen MR) is 62.6 cm³/mol. The molecule has 0 amide bonds. The van der Waals surface area contributed by atoms with Gasteiger partial charge in [-0.05, 0) is 45.2 Å². The average molecular weight is 221 g/mol. The standard InChI is InChI=1S/C12H19N3O/c1-9-14-11(7-12(15-9)16-2)4-3-10-5-6-13-8-10/h7,10,13H,3-6,8H2,1-2H3. The summed E-state index contributed by atoms with van der Waals surface area (Å²) in [5.74, 6) is 2.27. The van der Waals surface area contributed by atoms with Crippen LogP contribution < -0.4 is 10.1 Å². The molecule has 2 heterocycles. The number of rotatable bonds is 4. The van der Waals surface area contributed by atoms with Gasteiger partial charge in [-0.3, -0.25) is 0 Å². The van der Waals surface area contributed by atoms with Crippen molar-refractivity contribution in [3.63, 3.8) is 0 Å². The fraction of sp³-hybridized carbons (Fsp3) is 0.667. The second-order valence-corrected chi connectivity index (χ2v) is 4.35. The summed E-state index contributed by atoms with van der Waals surface area (Å²) in [6, 6.07) is 1.94. The summed E-state index contributed by atoms with van der Waals surface area (Å²) in [5, 5.41) is 3.39. The topological polar surface area (TPSA) is 47.0 Å². The Morgan fingerprint density at radius 1 is 1.50 bits per heavy atom. The van der Waals surface area contributed by atoms with E-state index in [0.717, 1.165) is 36.9 Å². The van der Waals surface area contributed by atoms with Crippen LogP contribution in [-0.2, 0) is 6.42 Å². The molecule has 1 saturated heterocycles. The average Bonchev–Trinajstić information content (AvgIpc) is 2.78. The van der Waals surface area contributed by atoms with Crippen LogP contribution in [0.25, 0.3) is 0 Å². The third kappa shape index (κ3) is 2.92. The van der Waals surface area contributed by atoms with Gasteiger partial charge in [-0.1, -0.05) is 0 Å². The van der Waals surface area contributed by atoms with Crippen molar-refractivity contribution in [3.05, 3.63) is 17.6 Å². The van der Waals surface area contributed by atoms with Crippen molar-refractivity contribution >= 4 is 0 Å². The highest BCUT2D eigenvalue weighted by Crippen LogP contribution is 2.16. The molecule has 4 heteroatoms. The van der Waals surface area contributed by atoms with Crippen LogP contribution in [0.1, 0.15) is 24.4 Å². The Morgan fingerprint density at radius 3 is 3.06 bits per heavy atom. The maximum Gasteiger partial charge on any atom is 0.216 e. The highest BCUT2D eigenvalue weighted by Gasteiger charge is 2.14. The normalized spacial score (nSPS) is 20.0. The van der Waals surface area contributed by atoms with Crippen LogP contribution in [0.3, 0.4) is 0 Å². The van der Waals surface area contributed by atoms with Crippen molar-refractivity contribution in [2.45, 2.75) is 26.2 Å². The Morgan fingerprint density at radius 2 is 2.38 bits per heavy atom. The monoisotopic (exact) mass is 221 g/mol. The second-order valence-electron chi connectivity index (χ2n) is 4.35. The van der Waals surface area contributed by atoms with E-state index >= 15 is 0 Å². The molecule has 1 aliphatic heterocycles. The molecule has 1 atom stereocenters. The number of aryl methyl sites for hydroxylation is 2. The zero-order valence-corrected chi connectivity index (χ0v) is 9.99. The number of hydrogen-bond donors (Lipinski definition) is 1. The molecule has 0 aromatic carbocycles. The Bertz CT molecular complexity index is 348. The molecule has 1 aromatic heterocycles. The molecule has 0 spiro atoms. The Kier molecular flexibility index (Phi) is 3.72. The fourth-order valence-corrected chi connectivity index (χ4v) is 2.14. The van der Waals surface area contributed by atoms with E-state index < -0.39 is 0 Å². The van der Waals surface area contributed by atoms with Gasteiger partial charge in [0.05, 0.1) is 7.11 Å². The summed E-state index contributed by atoms with van der Waals surface area (Å²) < 4.78 is 5.14. The molecule has 1 unspecified atom stereocenters. The van der Waals surface area contributed by atoms with Crippen LogP contribution in [-0.4, -0.2) is 30.2 Å². The van der Waals surface area contributed by atoms with E-state index in [1.165, 1.54) is 12.8 Å². The zero-order chi connectivity index (χ0) is 11.4. The molecule has 4 nitrogen and oxygen atoms in total. The smallest absolute Gasteiger partial charge is 0.216 e. The number of hydrogen-bond acceptors (Lipinski definition) is 4. The lowest BCUT2D eigenvalue weighted by Gasteiger charge is -2.08. The summed E-state index contributed by atoms with van der Waals surface area (Å²) in [4.78, 5) is 8.62. The van der Waals surface area contributed by atoms with E-state index in [0.29, 0.717) is 5.88 Å². The minimum atomic E-state index is 0.673. The van der Waals surface area contributed by atoms with Gasteiger partial charge in [0.25, 0.3) is 0 Å². The van der Waals surface area contributed by atoms with Gasteiger partial charge < -0.3 is 10.1 Å². The Hall–Kier alpha value is -1.16. The molecule has 1 N–H and O–H groups in total. The van der Waals surface area contributed by atoms with Crippen molar-refractivity contribution in [2.75, 3.05) is 20.2 Å². The second kappa shape index (κ2) is 5.25. The molecule has 0 radical (unpaired) electrons. The molecule has 88 valence electrons. The Labute approximate surface area is 96.4 Å². The van der Waals surface area contributed by atoms with Crippen LogP contribution in [0.15, 0.2) is 6.07 Å². The van der Waals surface area contributed by atoms with Crippen molar-refractivity contribution < 1.29 is 4.74 Å². The number of aromatic nitrogens is 2. The molecule has 1 aliphatic rings. The molecule has 0 bridgehead atoms. The first kappa shape index (κ1) is 11.3. The maximum atomic E-state index is 5.14. The van der Waals surface area contributed by atoms with E-state index in [9.17, 15) is 0 Å².